The monoisotopic (exact) mass is 373 g/mol. The number of nitrogens with one attached hydrogen (secondary N) is 1. The third-order valence-corrected chi connectivity index (χ3v) is 4.52. The molecule has 1 unspecified atom stereocenters. The molecule has 0 fully saturated rings. The van der Waals surface area contributed by atoms with Crippen molar-refractivity contribution in [3.05, 3.63) is 95.6 Å². The first-order valence-corrected chi connectivity index (χ1v) is 9.05. The summed E-state index contributed by atoms with van der Waals surface area (Å²) in [6, 6.07) is 23.8. The van der Waals surface area contributed by atoms with Gasteiger partial charge >= 0.3 is 5.97 Å². The standard InChI is InChI=1S/C23H19NO4/c25-22(21-14-17-9-4-5-12-20(17)28-21)24-19-11-6-10-18(13-19)23(26)27-15-16-7-2-1-3-8-16/h1-13,21H,14-15H2,(H,24,25). The van der Waals surface area contributed by atoms with E-state index in [-0.39, 0.29) is 12.5 Å². The van der Waals surface area contributed by atoms with E-state index >= 15 is 0 Å². The van der Waals surface area contributed by atoms with E-state index in [4.69, 9.17) is 9.47 Å². The smallest absolute Gasteiger partial charge is 0.338 e. The van der Waals surface area contributed by atoms with E-state index in [2.05, 4.69) is 5.32 Å². The van der Waals surface area contributed by atoms with Crippen LogP contribution in [0.2, 0.25) is 0 Å². The Morgan fingerprint density at radius 2 is 1.75 bits per heavy atom. The first-order chi connectivity index (χ1) is 13.7. The van der Waals surface area contributed by atoms with Crippen molar-refractivity contribution in [3.8, 4) is 5.75 Å². The molecule has 1 N–H and O–H groups in total. The lowest BCUT2D eigenvalue weighted by Gasteiger charge is -2.12. The normalized spacial score (nSPS) is 14.6. The summed E-state index contributed by atoms with van der Waals surface area (Å²) in [5.74, 6) is 0.0522. The number of hydrogen-bond acceptors (Lipinski definition) is 4. The van der Waals surface area contributed by atoms with Gasteiger partial charge in [0, 0.05) is 12.1 Å². The van der Waals surface area contributed by atoms with Crippen molar-refractivity contribution < 1.29 is 19.1 Å². The minimum absolute atomic E-state index is 0.199. The third kappa shape index (κ3) is 4.04. The average molecular weight is 373 g/mol. The van der Waals surface area contributed by atoms with Gasteiger partial charge < -0.3 is 14.8 Å². The molecule has 1 aliphatic rings. The minimum atomic E-state index is -0.578. The lowest BCUT2D eigenvalue weighted by Crippen LogP contribution is -2.31. The van der Waals surface area contributed by atoms with Gasteiger partial charge in [0.1, 0.15) is 12.4 Å². The van der Waals surface area contributed by atoms with Crippen LogP contribution in [0.4, 0.5) is 5.69 Å². The highest BCUT2D eigenvalue weighted by atomic mass is 16.5. The van der Waals surface area contributed by atoms with E-state index < -0.39 is 12.1 Å². The Morgan fingerprint density at radius 3 is 2.57 bits per heavy atom. The molecule has 4 rings (SSSR count). The summed E-state index contributed by atoms with van der Waals surface area (Å²) in [5, 5.41) is 2.82. The van der Waals surface area contributed by atoms with Gasteiger partial charge in [-0.05, 0) is 35.4 Å². The fraction of sp³-hybridized carbons (Fsp3) is 0.130. The number of rotatable bonds is 5. The summed E-state index contributed by atoms with van der Waals surface area (Å²) in [4.78, 5) is 24.8. The molecular formula is C23H19NO4. The quantitative estimate of drug-likeness (QED) is 0.687. The Bertz CT molecular complexity index is 975. The van der Waals surface area contributed by atoms with Gasteiger partial charge in [0.2, 0.25) is 0 Å². The molecule has 3 aromatic carbocycles. The summed E-state index contributed by atoms with van der Waals surface area (Å²) >= 11 is 0. The SMILES string of the molecule is O=C(OCc1ccccc1)c1cccc(NC(=O)C2Cc3ccccc3O2)c1. The molecule has 5 heteroatoms. The number of ether oxygens (including phenoxy) is 2. The molecule has 1 amide bonds. The zero-order valence-corrected chi connectivity index (χ0v) is 15.1. The Morgan fingerprint density at radius 1 is 0.964 bits per heavy atom. The van der Waals surface area contributed by atoms with Crippen molar-refractivity contribution in [2.24, 2.45) is 0 Å². The first-order valence-electron chi connectivity index (χ1n) is 9.05. The number of fused-ring (bicyclic) bond motifs is 1. The predicted molar refractivity (Wildman–Crippen MR) is 105 cm³/mol. The zero-order valence-electron chi connectivity index (χ0n) is 15.1. The second-order valence-corrected chi connectivity index (χ2v) is 6.55. The molecule has 1 heterocycles. The molecule has 28 heavy (non-hydrogen) atoms. The molecule has 1 atom stereocenters. The van der Waals surface area contributed by atoms with Crippen LogP contribution in [0.3, 0.4) is 0 Å². The maximum absolute atomic E-state index is 12.5. The fourth-order valence-electron chi connectivity index (χ4n) is 3.08. The van der Waals surface area contributed by atoms with Crippen LogP contribution in [0.15, 0.2) is 78.9 Å². The summed E-state index contributed by atoms with van der Waals surface area (Å²) in [5.41, 5.74) is 2.84. The number of benzene rings is 3. The Labute approximate surface area is 162 Å². The lowest BCUT2D eigenvalue weighted by molar-refractivity contribution is -0.122. The molecule has 0 bridgehead atoms. The molecule has 5 nitrogen and oxygen atoms in total. The van der Waals surface area contributed by atoms with Crippen LogP contribution in [-0.4, -0.2) is 18.0 Å². The van der Waals surface area contributed by atoms with Crippen molar-refractivity contribution in [1.29, 1.82) is 0 Å². The maximum Gasteiger partial charge on any atom is 0.338 e. The Hall–Kier alpha value is -3.60. The second kappa shape index (κ2) is 7.96. The molecule has 0 radical (unpaired) electrons. The molecule has 0 saturated heterocycles. The molecular weight excluding hydrogens is 354 g/mol. The average Bonchev–Trinajstić information content (AvgIpc) is 3.17. The summed E-state index contributed by atoms with van der Waals surface area (Å²) in [7, 11) is 0. The van der Waals surface area contributed by atoms with Crippen LogP contribution < -0.4 is 10.1 Å². The largest absolute Gasteiger partial charge is 0.480 e. The van der Waals surface area contributed by atoms with Crippen molar-refractivity contribution >= 4 is 17.6 Å². The summed E-state index contributed by atoms with van der Waals surface area (Å²) < 4.78 is 11.0. The topological polar surface area (TPSA) is 64.6 Å². The van der Waals surface area contributed by atoms with Crippen LogP contribution in [-0.2, 0) is 22.6 Å². The number of carbonyl (C=O) groups excluding carboxylic acids is 2. The van der Waals surface area contributed by atoms with Gasteiger partial charge in [-0.3, -0.25) is 4.79 Å². The van der Waals surface area contributed by atoms with Gasteiger partial charge in [-0.25, -0.2) is 4.79 Å². The molecule has 1 aliphatic heterocycles. The van der Waals surface area contributed by atoms with Crippen LogP contribution in [0.25, 0.3) is 0 Å². The number of para-hydroxylation sites is 1. The Kier molecular flexibility index (Phi) is 5.06. The van der Waals surface area contributed by atoms with Gasteiger partial charge in [0.05, 0.1) is 5.56 Å². The van der Waals surface area contributed by atoms with Gasteiger partial charge in [0.25, 0.3) is 5.91 Å². The third-order valence-electron chi connectivity index (χ3n) is 4.52. The molecule has 0 aromatic heterocycles. The number of esters is 1. The number of hydrogen-bond donors (Lipinski definition) is 1. The zero-order chi connectivity index (χ0) is 19.3. The van der Waals surface area contributed by atoms with E-state index in [1.165, 1.54) is 0 Å². The van der Waals surface area contributed by atoms with Crippen molar-refractivity contribution in [1.82, 2.24) is 0 Å². The van der Waals surface area contributed by atoms with Gasteiger partial charge in [0.15, 0.2) is 6.10 Å². The first kappa shape index (κ1) is 17.8. The van der Waals surface area contributed by atoms with E-state index in [1.807, 2.05) is 54.6 Å². The van der Waals surface area contributed by atoms with Crippen molar-refractivity contribution in [3.63, 3.8) is 0 Å². The van der Waals surface area contributed by atoms with Crippen molar-refractivity contribution in [2.75, 3.05) is 5.32 Å². The van der Waals surface area contributed by atoms with E-state index in [0.29, 0.717) is 17.7 Å². The highest BCUT2D eigenvalue weighted by molar-refractivity contribution is 5.97. The highest BCUT2D eigenvalue weighted by Gasteiger charge is 2.28. The lowest BCUT2D eigenvalue weighted by atomic mass is 10.1. The number of anilines is 1. The molecule has 140 valence electrons. The van der Waals surface area contributed by atoms with Gasteiger partial charge in [-0.2, -0.15) is 0 Å². The van der Waals surface area contributed by atoms with Crippen LogP contribution in [0.5, 0.6) is 5.75 Å². The maximum atomic E-state index is 12.5. The minimum Gasteiger partial charge on any atom is -0.480 e. The van der Waals surface area contributed by atoms with Crippen LogP contribution in [0, 0.1) is 0 Å². The molecule has 3 aromatic rings. The van der Waals surface area contributed by atoms with E-state index in [9.17, 15) is 9.59 Å². The van der Waals surface area contributed by atoms with Crippen molar-refractivity contribution in [2.45, 2.75) is 19.1 Å². The Balaban J connectivity index is 1.37. The number of amides is 1. The van der Waals surface area contributed by atoms with E-state index in [1.54, 1.807) is 24.3 Å². The second-order valence-electron chi connectivity index (χ2n) is 6.55. The predicted octanol–water partition coefficient (Wildman–Crippen LogP) is 3.99. The fourth-order valence-corrected chi connectivity index (χ4v) is 3.08. The van der Waals surface area contributed by atoms with Gasteiger partial charge in [-0.1, -0.05) is 54.6 Å². The summed E-state index contributed by atoms with van der Waals surface area (Å²) in [6.07, 6.45) is -0.0491. The van der Waals surface area contributed by atoms with Crippen LogP contribution >= 0.6 is 0 Å². The molecule has 0 spiro atoms. The molecule has 0 saturated carbocycles. The highest BCUT2D eigenvalue weighted by Crippen LogP contribution is 2.28. The number of carbonyl (C=O) groups is 2. The summed E-state index contributed by atoms with van der Waals surface area (Å²) in [6.45, 7) is 0.199. The van der Waals surface area contributed by atoms with Crippen LogP contribution in [0.1, 0.15) is 21.5 Å². The van der Waals surface area contributed by atoms with E-state index in [0.717, 1.165) is 16.9 Å². The van der Waals surface area contributed by atoms with Gasteiger partial charge in [-0.15, -0.1) is 0 Å². The molecule has 0 aliphatic carbocycles.